The van der Waals surface area contributed by atoms with Crippen LogP contribution >= 0.6 is 0 Å². The molecule has 0 unspecified atom stereocenters. The number of non-ortho nitro benzene ring substituents is 1. The van der Waals surface area contributed by atoms with Crippen molar-refractivity contribution in [2.45, 2.75) is 0 Å². The second kappa shape index (κ2) is 5.90. The van der Waals surface area contributed by atoms with E-state index in [1.165, 1.54) is 23.0 Å². The lowest BCUT2D eigenvalue weighted by Crippen LogP contribution is -2.46. The Bertz CT molecular complexity index is 707. The first-order chi connectivity index (χ1) is 10.6. The van der Waals surface area contributed by atoms with E-state index in [-0.39, 0.29) is 17.3 Å². The number of piperazine rings is 1. The molecule has 3 rings (SSSR count). The Morgan fingerprint density at radius 3 is 2.82 bits per heavy atom. The van der Waals surface area contributed by atoms with E-state index in [2.05, 4.69) is 15.6 Å². The smallest absolute Gasteiger partial charge is 0.276 e. The molecule has 0 aliphatic carbocycles. The number of carbonyl (C=O) groups is 1. The molecular weight excluding hydrogens is 288 g/mol. The van der Waals surface area contributed by atoms with E-state index in [4.69, 9.17) is 0 Å². The van der Waals surface area contributed by atoms with Crippen LogP contribution in [0.25, 0.3) is 5.69 Å². The Morgan fingerprint density at radius 1 is 1.32 bits per heavy atom. The number of nitro groups is 1. The van der Waals surface area contributed by atoms with Crippen LogP contribution in [0.2, 0.25) is 0 Å². The number of rotatable bonds is 3. The van der Waals surface area contributed by atoms with Crippen molar-refractivity contribution in [3.8, 4) is 5.69 Å². The minimum absolute atomic E-state index is 0.0389. The molecule has 114 valence electrons. The van der Waals surface area contributed by atoms with E-state index in [1.807, 2.05) is 0 Å². The third-order valence-electron chi connectivity index (χ3n) is 3.42. The van der Waals surface area contributed by atoms with Crippen molar-refractivity contribution in [2.75, 3.05) is 26.2 Å². The molecule has 1 aromatic heterocycles. The first-order valence-electron chi connectivity index (χ1n) is 6.82. The van der Waals surface area contributed by atoms with Gasteiger partial charge < -0.3 is 10.2 Å². The third-order valence-corrected chi connectivity index (χ3v) is 3.42. The van der Waals surface area contributed by atoms with Crippen molar-refractivity contribution in [1.82, 2.24) is 25.2 Å². The Hall–Kier alpha value is -2.81. The summed E-state index contributed by atoms with van der Waals surface area (Å²) in [7, 11) is 0. The Balaban J connectivity index is 1.82. The van der Waals surface area contributed by atoms with Gasteiger partial charge in [0, 0.05) is 38.3 Å². The number of benzene rings is 1. The minimum atomic E-state index is -0.479. The number of aromatic nitrogens is 3. The van der Waals surface area contributed by atoms with Crippen molar-refractivity contribution in [3.05, 3.63) is 46.3 Å². The highest BCUT2D eigenvalue weighted by atomic mass is 16.6. The summed E-state index contributed by atoms with van der Waals surface area (Å²) >= 11 is 0. The van der Waals surface area contributed by atoms with Crippen molar-refractivity contribution >= 4 is 11.6 Å². The number of carbonyl (C=O) groups excluding carboxylic acids is 1. The van der Waals surface area contributed by atoms with Crippen LogP contribution in [0.1, 0.15) is 10.5 Å². The highest BCUT2D eigenvalue weighted by molar-refractivity contribution is 5.92. The fourth-order valence-electron chi connectivity index (χ4n) is 2.27. The van der Waals surface area contributed by atoms with Gasteiger partial charge in [0.05, 0.1) is 16.8 Å². The van der Waals surface area contributed by atoms with Crippen LogP contribution in [0.15, 0.2) is 30.5 Å². The van der Waals surface area contributed by atoms with Crippen LogP contribution < -0.4 is 5.32 Å². The van der Waals surface area contributed by atoms with Gasteiger partial charge in [-0.3, -0.25) is 14.9 Å². The second-order valence-corrected chi connectivity index (χ2v) is 4.87. The van der Waals surface area contributed by atoms with Crippen LogP contribution in [0.3, 0.4) is 0 Å². The van der Waals surface area contributed by atoms with Gasteiger partial charge >= 0.3 is 0 Å². The summed E-state index contributed by atoms with van der Waals surface area (Å²) in [4.78, 5) is 24.3. The monoisotopic (exact) mass is 302 g/mol. The lowest BCUT2D eigenvalue weighted by molar-refractivity contribution is -0.384. The first-order valence-corrected chi connectivity index (χ1v) is 6.82. The van der Waals surface area contributed by atoms with E-state index in [1.54, 1.807) is 17.0 Å². The van der Waals surface area contributed by atoms with E-state index >= 15 is 0 Å². The maximum Gasteiger partial charge on any atom is 0.276 e. The number of nitrogens with one attached hydrogen (secondary N) is 1. The summed E-state index contributed by atoms with van der Waals surface area (Å²) in [6.45, 7) is 2.76. The van der Waals surface area contributed by atoms with Crippen LogP contribution in [-0.4, -0.2) is 56.9 Å². The van der Waals surface area contributed by atoms with Gasteiger partial charge in [-0.2, -0.15) is 0 Å². The van der Waals surface area contributed by atoms with Gasteiger partial charge in [0.1, 0.15) is 0 Å². The molecule has 9 heteroatoms. The van der Waals surface area contributed by atoms with Gasteiger partial charge in [-0.1, -0.05) is 11.3 Å². The molecule has 0 saturated carbocycles. The van der Waals surface area contributed by atoms with Gasteiger partial charge in [0.15, 0.2) is 5.69 Å². The van der Waals surface area contributed by atoms with E-state index in [0.29, 0.717) is 18.8 Å². The number of hydrogen-bond acceptors (Lipinski definition) is 6. The van der Waals surface area contributed by atoms with Crippen molar-refractivity contribution in [3.63, 3.8) is 0 Å². The second-order valence-electron chi connectivity index (χ2n) is 4.87. The van der Waals surface area contributed by atoms with Gasteiger partial charge in [-0.05, 0) is 6.07 Å². The molecule has 2 heterocycles. The molecule has 1 saturated heterocycles. The minimum Gasteiger partial charge on any atom is -0.335 e. The van der Waals surface area contributed by atoms with Crippen LogP contribution in [0.5, 0.6) is 0 Å². The molecule has 1 aromatic carbocycles. The zero-order valence-electron chi connectivity index (χ0n) is 11.7. The van der Waals surface area contributed by atoms with Gasteiger partial charge in [-0.15, -0.1) is 5.10 Å². The fraction of sp³-hybridized carbons (Fsp3) is 0.308. The molecule has 9 nitrogen and oxygen atoms in total. The zero-order chi connectivity index (χ0) is 15.5. The number of amides is 1. The van der Waals surface area contributed by atoms with Crippen molar-refractivity contribution in [2.24, 2.45) is 0 Å². The Morgan fingerprint density at radius 2 is 2.09 bits per heavy atom. The molecule has 22 heavy (non-hydrogen) atoms. The molecule has 2 aromatic rings. The van der Waals surface area contributed by atoms with E-state index in [0.717, 1.165) is 13.1 Å². The average Bonchev–Trinajstić information content (AvgIpc) is 3.05. The maximum atomic E-state index is 12.3. The molecule has 1 aliphatic heterocycles. The summed E-state index contributed by atoms with van der Waals surface area (Å²) in [5.41, 5.74) is 0.678. The molecule has 0 atom stereocenters. The lowest BCUT2D eigenvalue weighted by Gasteiger charge is -2.26. The SMILES string of the molecule is O=C(c1cn(-c2cccc([N+](=O)[O-])c2)nn1)N1CCNCC1. The summed E-state index contributed by atoms with van der Waals surface area (Å²) in [5.74, 6) is -0.182. The van der Waals surface area contributed by atoms with Crippen molar-refractivity contribution in [1.29, 1.82) is 0 Å². The van der Waals surface area contributed by atoms with E-state index < -0.39 is 4.92 Å². The summed E-state index contributed by atoms with van der Waals surface area (Å²) in [6.07, 6.45) is 1.49. The summed E-state index contributed by atoms with van der Waals surface area (Å²) in [6, 6.07) is 6.01. The Kier molecular flexibility index (Phi) is 3.79. The summed E-state index contributed by atoms with van der Waals surface area (Å²) in [5, 5.41) is 21.7. The van der Waals surface area contributed by atoms with Gasteiger partial charge in [-0.25, -0.2) is 4.68 Å². The van der Waals surface area contributed by atoms with Crippen LogP contribution in [0.4, 0.5) is 5.69 Å². The standard InChI is InChI=1S/C13H14N6O3/c20-13(17-6-4-14-5-7-17)12-9-18(16-15-12)10-2-1-3-11(8-10)19(21)22/h1-3,8-9,14H,4-7H2. The van der Waals surface area contributed by atoms with Crippen molar-refractivity contribution < 1.29 is 9.72 Å². The summed E-state index contributed by atoms with van der Waals surface area (Å²) < 4.78 is 1.36. The molecular formula is C13H14N6O3. The average molecular weight is 302 g/mol. The fourth-order valence-corrected chi connectivity index (χ4v) is 2.27. The topological polar surface area (TPSA) is 106 Å². The molecule has 1 amide bonds. The molecule has 1 N–H and O–H groups in total. The normalized spacial score (nSPS) is 14.8. The number of hydrogen-bond donors (Lipinski definition) is 1. The third kappa shape index (κ3) is 2.79. The zero-order valence-corrected chi connectivity index (χ0v) is 11.7. The molecule has 1 fully saturated rings. The Labute approximate surface area is 125 Å². The predicted octanol–water partition coefficient (Wildman–Crippen LogP) is 0.221. The maximum absolute atomic E-state index is 12.3. The van der Waals surface area contributed by atoms with Gasteiger partial charge in [0.2, 0.25) is 0 Å². The predicted molar refractivity (Wildman–Crippen MR) is 76.8 cm³/mol. The highest BCUT2D eigenvalue weighted by Gasteiger charge is 2.21. The largest absolute Gasteiger partial charge is 0.335 e. The number of nitrogens with zero attached hydrogens (tertiary/aromatic N) is 5. The van der Waals surface area contributed by atoms with Crippen LogP contribution in [0, 0.1) is 10.1 Å². The molecule has 0 spiro atoms. The van der Waals surface area contributed by atoms with Crippen LogP contribution in [-0.2, 0) is 0 Å². The quantitative estimate of drug-likeness (QED) is 0.642. The van der Waals surface area contributed by atoms with E-state index in [9.17, 15) is 14.9 Å². The molecule has 1 aliphatic rings. The highest BCUT2D eigenvalue weighted by Crippen LogP contribution is 2.16. The van der Waals surface area contributed by atoms with Gasteiger partial charge in [0.25, 0.3) is 11.6 Å². The molecule has 0 bridgehead atoms. The number of nitro benzene ring substituents is 1. The molecule has 0 radical (unpaired) electrons. The lowest BCUT2D eigenvalue weighted by atomic mass is 10.3. The first kappa shape index (κ1) is 14.1.